The minimum atomic E-state index is -0.297. The van der Waals surface area contributed by atoms with Crippen LogP contribution in [-0.2, 0) is 6.54 Å². The van der Waals surface area contributed by atoms with Crippen LogP contribution in [0.15, 0.2) is 12.1 Å². The number of methoxy groups -OCH3 is 1. The molecule has 0 unspecified atom stereocenters. The summed E-state index contributed by atoms with van der Waals surface area (Å²) in [6, 6.07) is 3.11. The molecule has 0 radical (unpaired) electrons. The van der Waals surface area contributed by atoms with Gasteiger partial charge in [-0.3, -0.25) is 0 Å². The van der Waals surface area contributed by atoms with Gasteiger partial charge in [0.1, 0.15) is 11.6 Å². The van der Waals surface area contributed by atoms with Gasteiger partial charge in [0.15, 0.2) is 0 Å². The number of halogens is 1. The Morgan fingerprint density at radius 2 is 2.17 bits per heavy atom. The minimum absolute atomic E-state index is 0.224. The monoisotopic (exact) mass is 169 g/mol. The normalized spacial score (nSPS) is 10.0. The number of nitrogens with two attached hydrogens (primary N) is 1. The Balaban J connectivity index is 3.18. The molecule has 0 saturated heterocycles. The summed E-state index contributed by atoms with van der Waals surface area (Å²) in [6.07, 6.45) is 0. The molecule has 0 aliphatic rings. The van der Waals surface area contributed by atoms with E-state index in [-0.39, 0.29) is 12.4 Å². The summed E-state index contributed by atoms with van der Waals surface area (Å²) in [5.41, 5.74) is 6.74. The summed E-state index contributed by atoms with van der Waals surface area (Å²) in [7, 11) is 1.51. The van der Waals surface area contributed by atoms with Crippen molar-refractivity contribution in [3.63, 3.8) is 0 Å². The number of aryl methyl sites for hydroxylation is 1. The summed E-state index contributed by atoms with van der Waals surface area (Å²) in [5.74, 6) is 0.233. The van der Waals surface area contributed by atoms with Crippen molar-refractivity contribution < 1.29 is 9.13 Å². The molecule has 2 N–H and O–H groups in total. The number of hydrogen-bond acceptors (Lipinski definition) is 2. The minimum Gasteiger partial charge on any atom is -0.497 e. The van der Waals surface area contributed by atoms with E-state index in [4.69, 9.17) is 10.5 Å². The first kappa shape index (κ1) is 9.00. The fourth-order valence-electron chi connectivity index (χ4n) is 1.12. The van der Waals surface area contributed by atoms with E-state index in [0.29, 0.717) is 11.3 Å². The first-order valence-corrected chi connectivity index (χ1v) is 3.72. The first-order chi connectivity index (χ1) is 5.69. The Hall–Kier alpha value is -1.09. The highest BCUT2D eigenvalue weighted by Crippen LogP contribution is 2.20. The van der Waals surface area contributed by atoms with Crippen molar-refractivity contribution >= 4 is 0 Å². The van der Waals surface area contributed by atoms with Crippen molar-refractivity contribution in [1.82, 2.24) is 0 Å². The van der Waals surface area contributed by atoms with E-state index >= 15 is 0 Å². The quantitative estimate of drug-likeness (QED) is 0.729. The molecule has 0 bridgehead atoms. The fraction of sp³-hybridized carbons (Fsp3) is 0.333. The highest BCUT2D eigenvalue weighted by atomic mass is 19.1. The summed E-state index contributed by atoms with van der Waals surface area (Å²) in [6.45, 7) is 2.04. The first-order valence-electron chi connectivity index (χ1n) is 3.72. The molecule has 1 aromatic rings. The van der Waals surface area contributed by atoms with Gasteiger partial charge in [0.2, 0.25) is 0 Å². The summed E-state index contributed by atoms with van der Waals surface area (Å²) >= 11 is 0. The molecule has 0 fully saturated rings. The fourth-order valence-corrected chi connectivity index (χ4v) is 1.12. The molecule has 0 saturated carbocycles. The summed E-state index contributed by atoms with van der Waals surface area (Å²) < 4.78 is 18.0. The average Bonchev–Trinajstić information content (AvgIpc) is 2.03. The number of ether oxygens (including phenoxy) is 1. The van der Waals surface area contributed by atoms with Crippen LogP contribution < -0.4 is 10.5 Å². The predicted octanol–water partition coefficient (Wildman–Crippen LogP) is 1.60. The lowest BCUT2D eigenvalue weighted by atomic mass is 10.1. The Morgan fingerprint density at radius 1 is 1.50 bits per heavy atom. The Kier molecular flexibility index (Phi) is 2.65. The van der Waals surface area contributed by atoms with Gasteiger partial charge in [-0.15, -0.1) is 0 Å². The molecule has 66 valence electrons. The third-order valence-electron chi connectivity index (χ3n) is 1.83. The van der Waals surface area contributed by atoms with Crippen molar-refractivity contribution in [2.24, 2.45) is 5.73 Å². The van der Waals surface area contributed by atoms with Crippen molar-refractivity contribution in [1.29, 1.82) is 0 Å². The van der Waals surface area contributed by atoms with Crippen LogP contribution in [0, 0.1) is 12.7 Å². The van der Waals surface area contributed by atoms with Crippen LogP contribution in [0.4, 0.5) is 4.39 Å². The maximum Gasteiger partial charge on any atom is 0.131 e. The molecule has 3 heteroatoms. The van der Waals surface area contributed by atoms with E-state index in [9.17, 15) is 4.39 Å². The highest BCUT2D eigenvalue weighted by Gasteiger charge is 2.05. The molecule has 0 amide bonds. The third-order valence-corrected chi connectivity index (χ3v) is 1.83. The topological polar surface area (TPSA) is 35.2 Å². The average molecular weight is 169 g/mol. The Morgan fingerprint density at radius 3 is 2.58 bits per heavy atom. The largest absolute Gasteiger partial charge is 0.497 e. The number of rotatable bonds is 2. The van der Waals surface area contributed by atoms with E-state index in [1.165, 1.54) is 13.2 Å². The molecule has 0 aliphatic heterocycles. The summed E-state index contributed by atoms with van der Waals surface area (Å²) in [4.78, 5) is 0. The van der Waals surface area contributed by atoms with E-state index in [0.717, 1.165) is 5.56 Å². The lowest BCUT2D eigenvalue weighted by Crippen LogP contribution is -2.03. The van der Waals surface area contributed by atoms with Gasteiger partial charge in [-0.05, 0) is 18.6 Å². The Bertz CT molecular complexity index is 263. The lowest BCUT2D eigenvalue weighted by Gasteiger charge is -2.07. The second-order valence-electron chi connectivity index (χ2n) is 2.61. The zero-order valence-electron chi connectivity index (χ0n) is 7.23. The zero-order chi connectivity index (χ0) is 9.14. The van der Waals surface area contributed by atoms with Gasteiger partial charge in [0.25, 0.3) is 0 Å². The van der Waals surface area contributed by atoms with Gasteiger partial charge in [0.05, 0.1) is 7.11 Å². The third kappa shape index (κ3) is 1.56. The van der Waals surface area contributed by atoms with Gasteiger partial charge < -0.3 is 10.5 Å². The maximum absolute atomic E-state index is 13.1. The molecule has 0 heterocycles. The zero-order valence-corrected chi connectivity index (χ0v) is 7.23. The van der Waals surface area contributed by atoms with Crippen molar-refractivity contribution in [3.05, 3.63) is 29.1 Å². The van der Waals surface area contributed by atoms with Crippen molar-refractivity contribution in [2.75, 3.05) is 7.11 Å². The standard InChI is InChI=1S/C9H12FNO/c1-6-3-7(12-2)4-9(10)8(6)5-11/h3-4H,5,11H2,1-2H3. The molecular weight excluding hydrogens is 157 g/mol. The molecule has 0 spiro atoms. The molecule has 0 aromatic heterocycles. The molecule has 0 atom stereocenters. The van der Waals surface area contributed by atoms with Crippen molar-refractivity contribution in [3.8, 4) is 5.75 Å². The van der Waals surface area contributed by atoms with Crippen LogP contribution in [0.3, 0.4) is 0 Å². The van der Waals surface area contributed by atoms with Crippen molar-refractivity contribution in [2.45, 2.75) is 13.5 Å². The van der Waals surface area contributed by atoms with Crippen LogP contribution >= 0.6 is 0 Å². The maximum atomic E-state index is 13.1. The second kappa shape index (κ2) is 3.54. The lowest BCUT2D eigenvalue weighted by molar-refractivity contribution is 0.410. The van der Waals surface area contributed by atoms with Gasteiger partial charge in [-0.1, -0.05) is 0 Å². The van der Waals surface area contributed by atoms with Gasteiger partial charge in [-0.25, -0.2) is 4.39 Å². The Labute approximate surface area is 71.1 Å². The van der Waals surface area contributed by atoms with Gasteiger partial charge in [-0.2, -0.15) is 0 Å². The van der Waals surface area contributed by atoms with Crippen LogP contribution in [0.1, 0.15) is 11.1 Å². The van der Waals surface area contributed by atoms with Gasteiger partial charge >= 0.3 is 0 Å². The van der Waals surface area contributed by atoms with E-state index < -0.39 is 0 Å². The summed E-state index contributed by atoms with van der Waals surface area (Å²) in [5, 5.41) is 0. The van der Waals surface area contributed by atoms with E-state index in [1.54, 1.807) is 6.07 Å². The molecule has 0 aliphatic carbocycles. The molecule has 2 nitrogen and oxygen atoms in total. The van der Waals surface area contributed by atoms with Crippen LogP contribution in [0.25, 0.3) is 0 Å². The number of hydrogen-bond donors (Lipinski definition) is 1. The second-order valence-corrected chi connectivity index (χ2v) is 2.61. The molecule has 1 rings (SSSR count). The van der Waals surface area contributed by atoms with Crippen LogP contribution in [0.5, 0.6) is 5.75 Å². The van der Waals surface area contributed by atoms with Crippen LogP contribution in [0.2, 0.25) is 0 Å². The molecule has 12 heavy (non-hydrogen) atoms. The van der Waals surface area contributed by atoms with Gasteiger partial charge in [0, 0.05) is 18.2 Å². The number of benzene rings is 1. The molecule has 1 aromatic carbocycles. The predicted molar refractivity (Wildman–Crippen MR) is 45.6 cm³/mol. The smallest absolute Gasteiger partial charge is 0.131 e. The van der Waals surface area contributed by atoms with E-state index in [2.05, 4.69) is 0 Å². The highest BCUT2D eigenvalue weighted by molar-refractivity contribution is 5.35. The van der Waals surface area contributed by atoms with Crippen LogP contribution in [-0.4, -0.2) is 7.11 Å². The van der Waals surface area contributed by atoms with E-state index in [1.807, 2.05) is 6.92 Å². The SMILES string of the molecule is COc1cc(C)c(CN)c(F)c1. The molecular formula is C9H12FNO.